The van der Waals surface area contributed by atoms with Crippen LogP contribution < -0.4 is 9.62 Å². The number of nitrogens with zero attached hydrogens (tertiary/aromatic N) is 2. The van der Waals surface area contributed by atoms with Crippen LogP contribution in [0.1, 0.15) is 43.4 Å². The van der Waals surface area contributed by atoms with Crippen LogP contribution in [-0.2, 0) is 26.2 Å². The Hall–Kier alpha value is -3.07. The monoisotopic (exact) mass is 603 g/mol. The second-order valence-electron chi connectivity index (χ2n) is 9.75. The number of nitrogens with one attached hydrogen (secondary N) is 1. The molecule has 0 aliphatic carbocycles. The SMILES string of the molecule is CCCCNC(=O)[C@H](C)N(Cc1cccc(C)c1)C(=O)CN(c1cc(Cl)ccc1Cl)S(=O)(=O)c1ccc(C)cc1. The molecule has 0 fully saturated rings. The first kappa shape index (κ1) is 31.5. The lowest BCUT2D eigenvalue weighted by Crippen LogP contribution is -2.51. The summed E-state index contributed by atoms with van der Waals surface area (Å²) in [6.07, 6.45) is 1.72. The van der Waals surface area contributed by atoms with Gasteiger partial charge in [0, 0.05) is 18.1 Å². The largest absolute Gasteiger partial charge is 0.354 e. The highest BCUT2D eigenvalue weighted by molar-refractivity contribution is 7.92. The number of aryl methyl sites for hydroxylation is 2. The Morgan fingerprint density at radius 2 is 1.65 bits per heavy atom. The van der Waals surface area contributed by atoms with E-state index in [2.05, 4.69) is 5.32 Å². The number of carbonyl (C=O) groups is 2. The van der Waals surface area contributed by atoms with E-state index in [1.54, 1.807) is 25.1 Å². The van der Waals surface area contributed by atoms with E-state index in [1.165, 1.54) is 29.2 Å². The Kier molecular flexibility index (Phi) is 11.0. The van der Waals surface area contributed by atoms with Gasteiger partial charge in [0.25, 0.3) is 10.0 Å². The molecule has 0 aliphatic heterocycles. The van der Waals surface area contributed by atoms with Crippen molar-refractivity contribution < 1.29 is 18.0 Å². The number of sulfonamides is 1. The van der Waals surface area contributed by atoms with Gasteiger partial charge in [-0.15, -0.1) is 0 Å². The Morgan fingerprint density at radius 3 is 2.30 bits per heavy atom. The van der Waals surface area contributed by atoms with Crippen LogP contribution in [0, 0.1) is 13.8 Å². The van der Waals surface area contributed by atoms with E-state index in [9.17, 15) is 18.0 Å². The lowest BCUT2D eigenvalue weighted by molar-refractivity contribution is -0.139. The molecule has 7 nitrogen and oxygen atoms in total. The van der Waals surface area contributed by atoms with Gasteiger partial charge in [0.15, 0.2) is 0 Å². The van der Waals surface area contributed by atoms with Crippen LogP contribution in [0.2, 0.25) is 10.0 Å². The van der Waals surface area contributed by atoms with Crippen molar-refractivity contribution in [3.05, 3.63) is 93.5 Å². The van der Waals surface area contributed by atoms with Crippen molar-refractivity contribution in [2.24, 2.45) is 0 Å². The molecular weight excluding hydrogens is 569 g/mol. The summed E-state index contributed by atoms with van der Waals surface area (Å²) < 4.78 is 28.8. The normalized spacial score (nSPS) is 12.1. The van der Waals surface area contributed by atoms with Crippen molar-refractivity contribution in [2.45, 2.75) is 58.0 Å². The summed E-state index contributed by atoms with van der Waals surface area (Å²) in [4.78, 5) is 28.4. The molecule has 1 N–H and O–H groups in total. The summed E-state index contributed by atoms with van der Waals surface area (Å²) in [5, 5.41) is 3.25. The van der Waals surface area contributed by atoms with E-state index in [1.807, 2.05) is 45.0 Å². The minimum absolute atomic E-state index is 0.00228. The maximum absolute atomic E-state index is 14.0. The van der Waals surface area contributed by atoms with Crippen LogP contribution in [0.5, 0.6) is 0 Å². The highest BCUT2D eigenvalue weighted by Gasteiger charge is 2.33. The number of carbonyl (C=O) groups excluding carboxylic acids is 2. The van der Waals surface area contributed by atoms with Gasteiger partial charge in [-0.05, 0) is 63.1 Å². The summed E-state index contributed by atoms with van der Waals surface area (Å²) in [5.41, 5.74) is 2.77. The third-order valence-corrected chi connectivity index (χ3v) is 8.83. The number of rotatable bonds is 12. The second kappa shape index (κ2) is 14.0. The standard InChI is InChI=1S/C30H35Cl2N3O4S/c1-5-6-16-33-30(37)23(4)34(19-24-9-7-8-22(3)17-24)29(36)20-35(28-18-25(31)12-15-27(28)32)40(38,39)26-13-10-21(2)11-14-26/h7-15,17-18,23H,5-6,16,19-20H2,1-4H3,(H,33,37)/t23-/m0/s1. The minimum Gasteiger partial charge on any atom is -0.354 e. The van der Waals surface area contributed by atoms with E-state index < -0.39 is 28.5 Å². The molecule has 40 heavy (non-hydrogen) atoms. The van der Waals surface area contributed by atoms with E-state index in [4.69, 9.17) is 23.2 Å². The molecular formula is C30H35Cl2N3O4S. The molecule has 0 bridgehead atoms. The van der Waals surface area contributed by atoms with Gasteiger partial charge in [0.2, 0.25) is 11.8 Å². The number of benzene rings is 3. The zero-order valence-corrected chi connectivity index (χ0v) is 25.5. The van der Waals surface area contributed by atoms with E-state index in [0.717, 1.165) is 33.8 Å². The zero-order valence-electron chi connectivity index (χ0n) is 23.2. The predicted octanol–water partition coefficient (Wildman–Crippen LogP) is 6.14. The van der Waals surface area contributed by atoms with Crippen molar-refractivity contribution in [3.8, 4) is 0 Å². The van der Waals surface area contributed by atoms with Gasteiger partial charge in [-0.1, -0.05) is 84.1 Å². The Balaban J connectivity index is 2.04. The van der Waals surface area contributed by atoms with Gasteiger partial charge >= 0.3 is 0 Å². The fourth-order valence-corrected chi connectivity index (χ4v) is 6.01. The first-order chi connectivity index (χ1) is 18.9. The highest BCUT2D eigenvalue weighted by Crippen LogP contribution is 2.33. The molecule has 0 spiro atoms. The molecule has 0 heterocycles. The zero-order chi connectivity index (χ0) is 29.4. The average molecular weight is 605 g/mol. The smallest absolute Gasteiger partial charge is 0.264 e. The molecule has 10 heteroatoms. The van der Waals surface area contributed by atoms with E-state index in [0.29, 0.717) is 6.54 Å². The molecule has 0 saturated carbocycles. The number of halogens is 2. The lowest BCUT2D eigenvalue weighted by atomic mass is 10.1. The van der Waals surface area contributed by atoms with Crippen LogP contribution in [0.25, 0.3) is 0 Å². The molecule has 1 atom stereocenters. The molecule has 0 saturated heterocycles. The molecule has 0 radical (unpaired) electrons. The molecule has 3 rings (SSSR count). The Labute approximate surface area is 247 Å². The first-order valence-corrected chi connectivity index (χ1v) is 15.3. The maximum atomic E-state index is 14.0. The molecule has 0 aromatic heterocycles. The second-order valence-corrected chi connectivity index (χ2v) is 12.5. The molecule has 2 amide bonds. The maximum Gasteiger partial charge on any atom is 0.264 e. The third kappa shape index (κ3) is 7.99. The summed E-state index contributed by atoms with van der Waals surface area (Å²) in [6.45, 7) is 7.46. The summed E-state index contributed by atoms with van der Waals surface area (Å²) in [7, 11) is -4.24. The quantitative estimate of drug-likeness (QED) is 0.252. The van der Waals surface area contributed by atoms with Gasteiger partial charge < -0.3 is 10.2 Å². The molecule has 3 aromatic carbocycles. The van der Waals surface area contributed by atoms with E-state index >= 15 is 0 Å². The number of hydrogen-bond donors (Lipinski definition) is 1. The van der Waals surface area contributed by atoms with Gasteiger partial charge in [0.05, 0.1) is 15.6 Å². The van der Waals surface area contributed by atoms with Crippen molar-refractivity contribution in [1.29, 1.82) is 0 Å². The van der Waals surface area contributed by atoms with Gasteiger partial charge in [-0.2, -0.15) is 0 Å². The van der Waals surface area contributed by atoms with Crippen molar-refractivity contribution >= 4 is 50.7 Å². The van der Waals surface area contributed by atoms with Crippen LogP contribution >= 0.6 is 23.2 Å². The fraction of sp³-hybridized carbons (Fsp3) is 0.333. The van der Waals surface area contributed by atoms with Gasteiger partial charge in [-0.25, -0.2) is 8.42 Å². The first-order valence-electron chi connectivity index (χ1n) is 13.1. The minimum atomic E-state index is -4.24. The van der Waals surface area contributed by atoms with Crippen LogP contribution in [-0.4, -0.2) is 44.3 Å². The highest BCUT2D eigenvalue weighted by atomic mass is 35.5. The summed E-state index contributed by atoms with van der Waals surface area (Å²) in [6, 6.07) is 17.5. The molecule has 0 aliphatic rings. The number of hydrogen-bond acceptors (Lipinski definition) is 4. The van der Waals surface area contributed by atoms with E-state index in [-0.39, 0.29) is 33.1 Å². The average Bonchev–Trinajstić information content (AvgIpc) is 2.91. The number of anilines is 1. The topological polar surface area (TPSA) is 86.8 Å². The van der Waals surface area contributed by atoms with Crippen LogP contribution in [0.3, 0.4) is 0 Å². The van der Waals surface area contributed by atoms with Crippen molar-refractivity contribution in [1.82, 2.24) is 10.2 Å². The van der Waals surface area contributed by atoms with Crippen molar-refractivity contribution in [3.63, 3.8) is 0 Å². The lowest BCUT2D eigenvalue weighted by Gasteiger charge is -2.32. The third-order valence-electron chi connectivity index (χ3n) is 6.50. The van der Waals surface area contributed by atoms with Crippen LogP contribution in [0.4, 0.5) is 5.69 Å². The number of unbranched alkanes of at least 4 members (excludes halogenated alkanes) is 1. The summed E-state index contributed by atoms with van der Waals surface area (Å²) >= 11 is 12.7. The molecule has 214 valence electrons. The number of amides is 2. The Morgan fingerprint density at radius 1 is 0.950 bits per heavy atom. The molecule has 0 unspecified atom stereocenters. The van der Waals surface area contributed by atoms with Crippen molar-refractivity contribution in [2.75, 3.05) is 17.4 Å². The molecule has 3 aromatic rings. The van der Waals surface area contributed by atoms with Gasteiger partial charge in [-0.3, -0.25) is 13.9 Å². The van der Waals surface area contributed by atoms with Crippen LogP contribution in [0.15, 0.2) is 71.6 Å². The predicted molar refractivity (Wildman–Crippen MR) is 161 cm³/mol. The summed E-state index contributed by atoms with van der Waals surface area (Å²) in [5.74, 6) is -0.880. The fourth-order valence-electron chi connectivity index (χ4n) is 4.15. The van der Waals surface area contributed by atoms with Gasteiger partial charge in [0.1, 0.15) is 12.6 Å². The Bertz CT molecular complexity index is 1450.